The van der Waals surface area contributed by atoms with Crippen LogP contribution < -0.4 is 25.2 Å². The molecule has 0 saturated carbocycles. The van der Waals surface area contributed by atoms with Crippen molar-refractivity contribution in [2.24, 2.45) is 0 Å². The van der Waals surface area contributed by atoms with Crippen LogP contribution in [-0.2, 0) is 16.1 Å². The van der Waals surface area contributed by atoms with Gasteiger partial charge in [0.05, 0.1) is 19.3 Å². The highest BCUT2D eigenvalue weighted by Gasteiger charge is 2.22. The van der Waals surface area contributed by atoms with E-state index in [1.807, 2.05) is 30.3 Å². The molecule has 154 valence electrons. The number of nitrogens with one attached hydrogen (secondary N) is 2. The Bertz CT molecular complexity index is 850. The Morgan fingerprint density at radius 1 is 1.03 bits per heavy atom. The number of pyridine rings is 1. The molecule has 3 rings (SSSR count). The van der Waals surface area contributed by atoms with Crippen LogP contribution in [0.1, 0.15) is 12.5 Å². The van der Waals surface area contributed by atoms with Gasteiger partial charge in [0.15, 0.2) is 0 Å². The van der Waals surface area contributed by atoms with Crippen LogP contribution in [0.2, 0.25) is 0 Å². The lowest BCUT2D eigenvalue weighted by atomic mass is 10.2. The van der Waals surface area contributed by atoms with E-state index in [9.17, 15) is 9.59 Å². The van der Waals surface area contributed by atoms with Gasteiger partial charge < -0.3 is 25.2 Å². The van der Waals surface area contributed by atoms with Gasteiger partial charge >= 0.3 is 0 Å². The highest BCUT2D eigenvalue weighted by molar-refractivity contribution is 5.83. The van der Waals surface area contributed by atoms with Crippen LogP contribution in [0.15, 0.2) is 42.6 Å². The molecule has 0 aliphatic carbocycles. The normalized spacial score (nSPS) is 13.7. The van der Waals surface area contributed by atoms with Crippen LogP contribution in [-0.4, -0.2) is 56.6 Å². The van der Waals surface area contributed by atoms with Crippen LogP contribution >= 0.6 is 0 Å². The zero-order valence-corrected chi connectivity index (χ0v) is 16.9. The Hall–Kier alpha value is -3.29. The molecular weight excluding hydrogens is 370 g/mol. The molecule has 8 nitrogen and oxygen atoms in total. The van der Waals surface area contributed by atoms with Gasteiger partial charge in [-0.3, -0.25) is 9.59 Å². The van der Waals surface area contributed by atoms with E-state index in [-0.39, 0.29) is 18.4 Å². The van der Waals surface area contributed by atoms with E-state index in [4.69, 9.17) is 4.74 Å². The maximum atomic E-state index is 11.9. The number of carbonyl (C=O) groups is 2. The first-order valence-corrected chi connectivity index (χ1v) is 9.66. The van der Waals surface area contributed by atoms with Crippen LogP contribution in [0.4, 0.5) is 11.5 Å². The smallest absolute Gasteiger partial charge is 0.239 e. The topological polar surface area (TPSA) is 86.8 Å². The molecule has 2 N–H and O–H groups in total. The van der Waals surface area contributed by atoms with Gasteiger partial charge in [0.2, 0.25) is 11.8 Å². The van der Waals surface area contributed by atoms with E-state index in [0.29, 0.717) is 6.54 Å². The van der Waals surface area contributed by atoms with Crippen molar-refractivity contribution in [3.05, 3.63) is 48.2 Å². The third kappa shape index (κ3) is 5.37. The van der Waals surface area contributed by atoms with E-state index in [1.54, 1.807) is 13.3 Å². The number of rotatable bonds is 7. The second-order valence-electron chi connectivity index (χ2n) is 6.82. The van der Waals surface area contributed by atoms with Gasteiger partial charge in [0, 0.05) is 51.4 Å². The number of nitrogens with zero attached hydrogens (tertiary/aromatic N) is 3. The lowest BCUT2D eigenvalue weighted by Crippen LogP contribution is -2.47. The predicted octanol–water partition coefficient (Wildman–Crippen LogP) is 1.17. The van der Waals surface area contributed by atoms with Crippen LogP contribution in [0.3, 0.4) is 0 Å². The van der Waals surface area contributed by atoms with E-state index < -0.39 is 0 Å². The molecule has 2 aromatic rings. The fourth-order valence-corrected chi connectivity index (χ4v) is 3.36. The summed E-state index contributed by atoms with van der Waals surface area (Å²) in [5, 5.41) is 5.33. The number of para-hydroxylation sites is 2. The molecule has 0 unspecified atom stereocenters. The van der Waals surface area contributed by atoms with Crippen molar-refractivity contribution < 1.29 is 14.3 Å². The Labute approximate surface area is 170 Å². The third-order valence-corrected chi connectivity index (χ3v) is 4.85. The highest BCUT2D eigenvalue weighted by atomic mass is 16.5. The molecule has 0 atom stereocenters. The van der Waals surface area contributed by atoms with Crippen molar-refractivity contribution in [1.29, 1.82) is 0 Å². The first-order chi connectivity index (χ1) is 14.1. The molecule has 2 heterocycles. The van der Waals surface area contributed by atoms with E-state index in [1.165, 1.54) is 6.92 Å². The lowest BCUT2D eigenvalue weighted by molar-refractivity contribution is -0.125. The SMILES string of the molecule is COc1ccccc1N1CCN(c2ncccc2CNC(=O)CNC(C)=O)CC1. The van der Waals surface area contributed by atoms with Crippen LogP contribution in [0, 0.1) is 0 Å². The average Bonchev–Trinajstić information content (AvgIpc) is 2.76. The van der Waals surface area contributed by atoms with Gasteiger partial charge in [-0.05, 0) is 18.2 Å². The first-order valence-electron chi connectivity index (χ1n) is 9.66. The minimum Gasteiger partial charge on any atom is -0.495 e. The number of methoxy groups -OCH3 is 1. The Morgan fingerprint density at radius 3 is 2.48 bits per heavy atom. The number of benzene rings is 1. The van der Waals surface area contributed by atoms with Crippen molar-refractivity contribution in [2.45, 2.75) is 13.5 Å². The summed E-state index contributed by atoms with van der Waals surface area (Å²) in [7, 11) is 1.69. The lowest BCUT2D eigenvalue weighted by Gasteiger charge is -2.37. The second-order valence-corrected chi connectivity index (χ2v) is 6.82. The molecule has 0 spiro atoms. The van der Waals surface area contributed by atoms with E-state index in [2.05, 4.69) is 31.5 Å². The summed E-state index contributed by atoms with van der Waals surface area (Å²) in [5.74, 6) is 1.31. The highest BCUT2D eigenvalue weighted by Crippen LogP contribution is 2.29. The van der Waals surface area contributed by atoms with Crippen LogP contribution in [0.5, 0.6) is 5.75 Å². The summed E-state index contributed by atoms with van der Waals surface area (Å²) in [6, 6.07) is 11.9. The number of aromatic nitrogens is 1. The van der Waals surface area contributed by atoms with Crippen LogP contribution in [0.25, 0.3) is 0 Å². The molecule has 1 fully saturated rings. The molecule has 0 bridgehead atoms. The Morgan fingerprint density at radius 2 is 1.76 bits per heavy atom. The summed E-state index contributed by atoms with van der Waals surface area (Å²) in [5.41, 5.74) is 2.05. The van der Waals surface area contributed by atoms with Gasteiger partial charge in [-0.1, -0.05) is 18.2 Å². The Balaban J connectivity index is 1.61. The average molecular weight is 397 g/mol. The van der Waals surface area contributed by atoms with Gasteiger partial charge in [-0.25, -0.2) is 4.98 Å². The minimum atomic E-state index is -0.227. The Kier molecular flexibility index (Phi) is 6.89. The number of ether oxygens (including phenoxy) is 1. The zero-order valence-electron chi connectivity index (χ0n) is 16.9. The second kappa shape index (κ2) is 9.77. The third-order valence-electron chi connectivity index (χ3n) is 4.85. The standard InChI is InChI=1S/C21H27N5O3/c1-16(27)23-15-20(28)24-14-17-6-5-9-22-21(17)26-12-10-25(11-13-26)18-7-3-4-8-19(18)29-2/h3-9H,10-15H2,1-2H3,(H,23,27)(H,24,28). The van der Waals surface area contributed by atoms with E-state index >= 15 is 0 Å². The number of amides is 2. The summed E-state index contributed by atoms with van der Waals surface area (Å²) in [6.45, 7) is 5.08. The molecule has 1 saturated heterocycles. The number of anilines is 2. The number of piperazine rings is 1. The number of carbonyl (C=O) groups excluding carboxylic acids is 2. The maximum absolute atomic E-state index is 11.9. The predicted molar refractivity (Wildman–Crippen MR) is 112 cm³/mol. The maximum Gasteiger partial charge on any atom is 0.239 e. The molecule has 29 heavy (non-hydrogen) atoms. The van der Waals surface area contributed by atoms with Crippen molar-refractivity contribution in [3.8, 4) is 5.75 Å². The minimum absolute atomic E-state index is 0.0253. The quantitative estimate of drug-likeness (QED) is 0.729. The van der Waals surface area contributed by atoms with Crippen molar-refractivity contribution in [2.75, 3.05) is 49.6 Å². The summed E-state index contributed by atoms with van der Waals surface area (Å²) >= 11 is 0. The molecule has 0 radical (unpaired) electrons. The first kappa shape index (κ1) is 20.4. The monoisotopic (exact) mass is 397 g/mol. The van der Waals surface area contributed by atoms with Gasteiger partial charge in [-0.15, -0.1) is 0 Å². The van der Waals surface area contributed by atoms with Crippen molar-refractivity contribution in [1.82, 2.24) is 15.6 Å². The molecule has 2 amide bonds. The number of hydrogen-bond acceptors (Lipinski definition) is 6. The summed E-state index contributed by atoms with van der Waals surface area (Å²) in [4.78, 5) is 31.9. The molecule has 1 aromatic heterocycles. The fourth-order valence-electron chi connectivity index (χ4n) is 3.36. The summed E-state index contributed by atoms with van der Waals surface area (Å²) < 4.78 is 5.48. The molecular formula is C21H27N5O3. The molecule has 1 aliphatic heterocycles. The van der Waals surface area contributed by atoms with Gasteiger partial charge in [0.25, 0.3) is 0 Å². The summed E-state index contributed by atoms with van der Waals surface area (Å²) in [6.07, 6.45) is 1.77. The van der Waals surface area contributed by atoms with E-state index in [0.717, 1.165) is 49.0 Å². The number of hydrogen-bond donors (Lipinski definition) is 2. The largest absolute Gasteiger partial charge is 0.495 e. The van der Waals surface area contributed by atoms with Gasteiger partial charge in [0.1, 0.15) is 11.6 Å². The molecule has 1 aliphatic rings. The molecule has 1 aromatic carbocycles. The molecule has 8 heteroatoms. The van der Waals surface area contributed by atoms with Gasteiger partial charge in [-0.2, -0.15) is 0 Å². The zero-order chi connectivity index (χ0) is 20.6. The van der Waals surface area contributed by atoms with Crippen molar-refractivity contribution in [3.63, 3.8) is 0 Å². The fraction of sp³-hybridized carbons (Fsp3) is 0.381. The van der Waals surface area contributed by atoms with Crippen molar-refractivity contribution >= 4 is 23.3 Å².